The summed E-state index contributed by atoms with van der Waals surface area (Å²) in [6.07, 6.45) is -1.70. The zero-order chi connectivity index (χ0) is 16.9. The summed E-state index contributed by atoms with van der Waals surface area (Å²) in [5.74, 6) is 0.250. The van der Waals surface area contributed by atoms with Crippen molar-refractivity contribution in [2.24, 2.45) is 0 Å². The van der Waals surface area contributed by atoms with Gasteiger partial charge in [0.25, 0.3) is 5.91 Å². The summed E-state index contributed by atoms with van der Waals surface area (Å²) in [4.78, 5) is 12.0. The molecule has 124 valence electrons. The van der Waals surface area contributed by atoms with Crippen molar-refractivity contribution in [2.45, 2.75) is 12.9 Å². The number of halogens is 3. The second kappa shape index (κ2) is 7.14. The fraction of sp³-hybridized carbons (Fsp3) is 0.286. The highest BCUT2D eigenvalue weighted by atomic mass is 19.4. The first kappa shape index (κ1) is 16.8. The van der Waals surface area contributed by atoms with Gasteiger partial charge < -0.3 is 14.8 Å². The van der Waals surface area contributed by atoms with Crippen molar-refractivity contribution in [3.05, 3.63) is 42.2 Å². The molecule has 0 aliphatic rings. The minimum atomic E-state index is -4.39. The molecule has 0 saturated carbocycles. The molecule has 0 aliphatic carbocycles. The zero-order valence-electron chi connectivity index (χ0n) is 12.1. The average molecular weight is 329 g/mol. The maximum absolute atomic E-state index is 12.0. The lowest BCUT2D eigenvalue weighted by molar-refractivity contribution is -0.182. The van der Waals surface area contributed by atoms with Gasteiger partial charge in [0.05, 0.1) is 25.2 Å². The molecule has 1 N–H and O–H groups in total. The van der Waals surface area contributed by atoms with Gasteiger partial charge in [-0.2, -0.15) is 18.3 Å². The molecule has 0 atom stereocenters. The van der Waals surface area contributed by atoms with E-state index in [1.807, 2.05) is 0 Å². The zero-order valence-corrected chi connectivity index (χ0v) is 12.1. The third-order valence-electron chi connectivity index (χ3n) is 2.73. The Bertz CT molecular complexity index is 653. The number of carbonyl (C=O) groups is 1. The third-order valence-corrected chi connectivity index (χ3v) is 2.73. The third kappa shape index (κ3) is 5.29. The van der Waals surface area contributed by atoms with Crippen LogP contribution in [-0.2, 0) is 11.5 Å². The normalized spacial score (nSPS) is 11.3. The van der Waals surface area contributed by atoms with Gasteiger partial charge in [-0.1, -0.05) is 0 Å². The predicted octanol–water partition coefficient (Wildman–Crippen LogP) is 2.68. The molecule has 1 aromatic carbocycles. The van der Waals surface area contributed by atoms with Crippen molar-refractivity contribution in [3.8, 4) is 5.75 Å². The summed E-state index contributed by atoms with van der Waals surface area (Å²) in [7, 11) is 1.52. The molecule has 0 unspecified atom stereocenters. The Balaban J connectivity index is 1.89. The Morgan fingerprint density at radius 2 is 2.00 bits per heavy atom. The topological polar surface area (TPSA) is 65.4 Å². The van der Waals surface area contributed by atoms with Gasteiger partial charge in [0.15, 0.2) is 0 Å². The fourth-order valence-electron chi connectivity index (χ4n) is 1.70. The highest BCUT2D eigenvalue weighted by Crippen LogP contribution is 2.15. The maximum atomic E-state index is 12.0. The molecule has 1 aromatic heterocycles. The monoisotopic (exact) mass is 329 g/mol. The summed E-state index contributed by atoms with van der Waals surface area (Å²) in [6.45, 7) is -1.72. The highest BCUT2D eigenvalue weighted by Gasteiger charge is 2.27. The molecule has 2 rings (SSSR count). The van der Waals surface area contributed by atoms with Crippen LogP contribution in [0.15, 0.2) is 36.7 Å². The second-order valence-electron chi connectivity index (χ2n) is 4.54. The highest BCUT2D eigenvalue weighted by molar-refractivity contribution is 6.04. The lowest BCUT2D eigenvalue weighted by Gasteiger charge is -2.07. The van der Waals surface area contributed by atoms with Crippen LogP contribution >= 0.6 is 0 Å². The van der Waals surface area contributed by atoms with Crippen LogP contribution in [0.5, 0.6) is 5.75 Å². The quantitative estimate of drug-likeness (QED) is 0.885. The first-order valence-electron chi connectivity index (χ1n) is 6.50. The van der Waals surface area contributed by atoms with E-state index in [4.69, 9.17) is 4.74 Å². The van der Waals surface area contributed by atoms with E-state index in [1.165, 1.54) is 19.5 Å². The number of aromatic nitrogens is 2. The SMILES string of the molecule is COc1ccc(C(=O)Nc2cnn(COCC(F)(F)F)c2)cc1. The predicted molar refractivity (Wildman–Crippen MR) is 75.2 cm³/mol. The van der Waals surface area contributed by atoms with Crippen LogP contribution in [-0.4, -0.2) is 35.6 Å². The minimum absolute atomic E-state index is 0.349. The first-order chi connectivity index (χ1) is 10.9. The number of carbonyl (C=O) groups excluding carboxylic acids is 1. The molecule has 0 aliphatic heterocycles. The number of ether oxygens (including phenoxy) is 2. The van der Waals surface area contributed by atoms with Crippen LogP contribution in [0.25, 0.3) is 0 Å². The number of hydrogen-bond acceptors (Lipinski definition) is 4. The van der Waals surface area contributed by atoms with Crippen LogP contribution in [0.2, 0.25) is 0 Å². The van der Waals surface area contributed by atoms with Crippen molar-refractivity contribution in [1.29, 1.82) is 0 Å². The number of amides is 1. The molecule has 0 radical (unpaired) electrons. The van der Waals surface area contributed by atoms with Gasteiger partial charge >= 0.3 is 6.18 Å². The van der Waals surface area contributed by atoms with Gasteiger partial charge in [0, 0.05) is 5.56 Å². The first-order valence-corrected chi connectivity index (χ1v) is 6.50. The van der Waals surface area contributed by atoms with Crippen LogP contribution < -0.4 is 10.1 Å². The number of alkyl halides is 3. The molecule has 1 heterocycles. The number of nitrogens with one attached hydrogen (secondary N) is 1. The number of benzene rings is 1. The molecule has 0 bridgehead atoms. The number of nitrogens with zero attached hydrogens (tertiary/aromatic N) is 2. The van der Waals surface area contributed by atoms with Gasteiger partial charge in [-0.15, -0.1) is 0 Å². The van der Waals surface area contributed by atoms with Gasteiger partial charge in [-0.25, -0.2) is 4.68 Å². The van der Waals surface area contributed by atoms with Crippen molar-refractivity contribution in [3.63, 3.8) is 0 Å². The average Bonchev–Trinajstić information content (AvgIpc) is 2.93. The Morgan fingerprint density at radius 1 is 1.30 bits per heavy atom. The Kier molecular flexibility index (Phi) is 5.22. The van der Waals surface area contributed by atoms with E-state index in [2.05, 4.69) is 15.2 Å². The molecular weight excluding hydrogens is 315 g/mol. The van der Waals surface area contributed by atoms with Crippen molar-refractivity contribution >= 4 is 11.6 Å². The van der Waals surface area contributed by atoms with Crippen molar-refractivity contribution in [2.75, 3.05) is 19.0 Å². The molecular formula is C14H14F3N3O3. The van der Waals surface area contributed by atoms with E-state index in [-0.39, 0.29) is 12.6 Å². The summed E-state index contributed by atoms with van der Waals surface area (Å²) in [6, 6.07) is 6.46. The number of hydrogen-bond donors (Lipinski definition) is 1. The molecule has 9 heteroatoms. The summed E-state index contributed by atoms with van der Waals surface area (Å²) < 4.78 is 46.5. The van der Waals surface area contributed by atoms with Gasteiger partial charge in [-0.3, -0.25) is 4.79 Å². The Hall–Kier alpha value is -2.55. The molecule has 1 amide bonds. The summed E-state index contributed by atoms with van der Waals surface area (Å²) in [5, 5.41) is 6.38. The molecule has 0 saturated heterocycles. The molecule has 6 nitrogen and oxygen atoms in total. The molecule has 23 heavy (non-hydrogen) atoms. The van der Waals surface area contributed by atoms with Gasteiger partial charge in [0.2, 0.25) is 0 Å². The molecule has 0 fully saturated rings. The lowest BCUT2D eigenvalue weighted by Crippen LogP contribution is -2.18. The van der Waals surface area contributed by atoms with Crippen LogP contribution in [0.1, 0.15) is 10.4 Å². The summed E-state index contributed by atoms with van der Waals surface area (Å²) in [5.41, 5.74) is 0.758. The van der Waals surface area contributed by atoms with Crippen LogP contribution in [0.3, 0.4) is 0 Å². The molecule has 0 spiro atoms. The van der Waals surface area contributed by atoms with Gasteiger partial charge in [0.1, 0.15) is 19.1 Å². The summed E-state index contributed by atoms with van der Waals surface area (Å²) >= 11 is 0. The van der Waals surface area contributed by atoms with Gasteiger partial charge in [-0.05, 0) is 24.3 Å². The van der Waals surface area contributed by atoms with E-state index in [0.717, 1.165) is 4.68 Å². The number of rotatable bonds is 6. The lowest BCUT2D eigenvalue weighted by atomic mass is 10.2. The minimum Gasteiger partial charge on any atom is -0.497 e. The molecule has 2 aromatic rings. The van der Waals surface area contributed by atoms with E-state index >= 15 is 0 Å². The second-order valence-corrected chi connectivity index (χ2v) is 4.54. The maximum Gasteiger partial charge on any atom is 0.411 e. The Morgan fingerprint density at radius 3 is 2.61 bits per heavy atom. The van der Waals surface area contributed by atoms with E-state index in [1.54, 1.807) is 24.3 Å². The van der Waals surface area contributed by atoms with E-state index in [0.29, 0.717) is 17.0 Å². The van der Waals surface area contributed by atoms with Crippen molar-refractivity contribution in [1.82, 2.24) is 9.78 Å². The Labute approximate surface area is 129 Å². The standard InChI is InChI=1S/C14H14F3N3O3/c1-22-12-4-2-10(3-5-12)13(21)19-11-6-18-20(7-11)9-23-8-14(15,16)17/h2-7H,8-9H2,1H3,(H,19,21). The fourth-order valence-corrected chi connectivity index (χ4v) is 1.70. The van der Waals surface area contributed by atoms with E-state index < -0.39 is 12.8 Å². The smallest absolute Gasteiger partial charge is 0.411 e. The van der Waals surface area contributed by atoms with E-state index in [9.17, 15) is 18.0 Å². The number of anilines is 1. The van der Waals surface area contributed by atoms with Crippen LogP contribution in [0, 0.1) is 0 Å². The van der Waals surface area contributed by atoms with Crippen molar-refractivity contribution < 1.29 is 27.4 Å². The number of methoxy groups -OCH3 is 1. The largest absolute Gasteiger partial charge is 0.497 e. The van der Waals surface area contributed by atoms with Crippen LogP contribution in [0.4, 0.5) is 18.9 Å².